The molecule has 1 N–H and O–H groups in total. The fraction of sp³-hybridized carbons (Fsp3) is 0.333. The topological polar surface area (TPSA) is 45.8 Å². The number of aryl methyl sites for hydroxylation is 1. The molecule has 1 heterocycles. The van der Waals surface area contributed by atoms with Gasteiger partial charge in [0.05, 0.1) is 0 Å². The maximum absolute atomic E-state index is 11.9. The third kappa shape index (κ3) is 1.84. The van der Waals surface area contributed by atoms with E-state index in [-0.39, 0.29) is 5.69 Å². The van der Waals surface area contributed by atoms with Crippen LogP contribution in [-0.2, 0) is 6.18 Å². The Hall–Kier alpha value is -1.33. The van der Waals surface area contributed by atoms with Gasteiger partial charge in [-0.05, 0) is 6.92 Å². The van der Waals surface area contributed by atoms with Gasteiger partial charge in [0.1, 0.15) is 0 Å². The second-order valence-electron chi connectivity index (χ2n) is 2.23. The monoisotopic (exact) mass is 178 g/mol. The summed E-state index contributed by atoms with van der Waals surface area (Å²) >= 11 is 0. The molecule has 0 atom stereocenters. The van der Waals surface area contributed by atoms with Crippen LogP contribution in [0.25, 0.3) is 0 Å². The van der Waals surface area contributed by atoms with E-state index in [1.165, 1.54) is 6.92 Å². The summed E-state index contributed by atoms with van der Waals surface area (Å²) in [5, 5.41) is 0. The van der Waals surface area contributed by atoms with Gasteiger partial charge in [-0.1, -0.05) is 0 Å². The highest BCUT2D eigenvalue weighted by atomic mass is 19.4. The van der Waals surface area contributed by atoms with Gasteiger partial charge in [0.25, 0.3) is 5.56 Å². The molecule has 0 fully saturated rings. The van der Waals surface area contributed by atoms with Crippen LogP contribution in [0, 0.1) is 6.92 Å². The number of aromatic amines is 1. The van der Waals surface area contributed by atoms with Crippen LogP contribution < -0.4 is 5.56 Å². The number of H-pyrrole nitrogens is 1. The Balaban J connectivity index is 3.27. The number of alkyl halides is 3. The van der Waals surface area contributed by atoms with Gasteiger partial charge in [0.2, 0.25) is 5.82 Å². The van der Waals surface area contributed by atoms with Gasteiger partial charge in [-0.3, -0.25) is 4.79 Å². The fourth-order valence-electron chi connectivity index (χ4n) is 0.713. The van der Waals surface area contributed by atoms with Crippen molar-refractivity contribution in [3.8, 4) is 0 Å². The molecule has 12 heavy (non-hydrogen) atoms. The van der Waals surface area contributed by atoms with Gasteiger partial charge in [-0.15, -0.1) is 0 Å². The molecule has 1 aromatic rings. The van der Waals surface area contributed by atoms with Gasteiger partial charge in [-0.25, -0.2) is 4.98 Å². The minimum Gasteiger partial charge on any atom is -0.303 e. The van der Waals surface area contributed by atoms with Crippen LogP contribution >= 0.6 is 0 Å². The summed E-state index contributed by atoms with van der Waals surface area (Å²) in [6.45, 7) is 1.32. The molecular formula is C6H5F3N2O. The summed E-state index contributed by atoms with van der Waals surface area (Å²) in [7, 11) is 0. The zero-order valence-electron chi connectivity index (χ0n) is 6.07. The molecular weight excluding hydrogens is 173 g/mol. The molecule has 1 rings (SSSR count). The molecule has 0 amide bonds. The second-order valence-corrected chi connectivity index (χ2v) is 2.23. The molecule has 0 saturated heterocycles. The van der Waals surface area contributed by atoms with Crippen molar-refractivity contribution in [2.75, 3.05) is 0 Å². The van der Waals surface area contributed by atoms with E-state index in [1.807, 2.05) is 0 Å². The Morgan fingerprint density at radius 3 is 2.50 bits per heavy atom. The van der Waals surface area contributed by atoms with Crippen molar-refractivity contribution >= 4 is 0 Å². The molecule has 6 heteroatoms. The summed E-state index contributed by atoms with van der Waals surface area (Å²) in [6, 6.07) is 0.995. The highest BCUT2D eigenvalue weighted by molar-refractivity contribution is 5.02. The highest BCUT2D eigenvalue weighted by Gasteiger charge is 2.33. The lowest BCUT2D eigenvalue weighted by Gasteiger charge is -2.04. The number of nitrogens with zero attached hydrogens (tertiary/aromatic N) is 1. The maximum Gasteiger partial charge on any atom is 0.449 e. The largest absolute Gasteiger partial charge is 0.449 e. The predicted octanol–water partition coefficient (Wildman–Crippen LogP) is 1.10. The fourth-order valence-corrected chi connectivity index (χ4v) is 0.713. The van der Waals surface area contributed by atoms with Crippen molar-refractivity contribution < 1.29 is 13.2 Å². The first-order valence-corrected chi connectivity index (χ1v) is 3.05. The molecule has 3 nitrogen and oxygen atoms in total. The van der Waals surface area contributed by atoms with Crippen LogP contribution in [0.1, 0.15) is 11.5 Å². The molecule has 0 saturated carbocycles. The van der Waals surface area contributed by atoms with Gasteiger partial charge < -0.3 is 4.98 Å². The number of hydrogen-bond donors (Lipinski definition) is 1. The van der Waals surface area contributed by atoms with Crippen molar-refractivity contribution in [1.82, 2.24) is 9.97 Å². The van der Waals surface area contributed by atoms with E-state index >= 15 is 0 Å². The Kier molecular flexibility index (Phi) is 1.91. The van der Waals surface area contributed by atoms with E-state index in [9.17, 15) is 18.0 Å². The van der Waals surface area contributed by atoms with E-state index in [0.717, 1.165) is 6.07 Å². The van der Waals surface area contributed by atoms with Crippen LogP contribution in [0.15, 0.2) is 10.9 Å². The summed E-state index contributed by atoms with van der Waals surface area (Å²) in [6.07, 6.45) is -4.59. The molecule has 1 aromatic heterocycles. The molecule has 0 aliphatic carbocycles. The first kappa shape index (κ1) is 8.76. The smallest absolute Gasteiger partial charge is 0.303 e. The number of aromatic nitrogens is 2. The Morgan fingerprint density at radius 1 is 1.50 bits per heavy atom. The lowest BCUT2D eigenvalue weighted by atomic mass is 10.4. The lowest BCUT2D eigenvalue weighted by molar-refractivity contribution is -0.145. The minimum atomic E-state index is -4.59. The van der Waals surface area contributed by atoms with Crippen molar-refractivity contribution in [1.29, 1.82) is 0 Å². The first-order valence-electron chi connectivity index (χ1n) is 3.05. The van der Waals surface area contributed by atoms with Gasteiger partial charge in [-0.2, -0.15) is 13.2 Å². The lowest BCUT2D eigenvalue weighted by Crippen LogP contribution is -2.18. The van der Waals surface area contributed by atoms with Crippen LogP contribution in [0.2, 0.25) is 0 Å². The van der Waals surface area contributed by atoms with Crippen molar-refractivity contribution in [3.63, 3.8) is 0 Å². The van der Waals surface area contributed by atoms with Crippen LogP contribution in [-0.4, -0.2) is 9.97 Å². The molecule has 0 aliphatic rings. The summed E-state index contributed by atoms with van der Waals surface area (Å²) in [5.41, 5.74) is -0.749. The van der Waals surface area contributed by atoms with Crippen molar-refractivity contribution in [3.05, 3.63) is 27.9 Å². The van der Waals surface area contributed by atoms with E-state index in [0.29, 0.717) is 0 Å². The average molecular weight is 178 g/mol. The number of nitrogens with one attached hydrogen (secondary N) is 1. The third-order valence-corrected chi connectivity index (χ3v) is 1.14. The Bertz CT molecular complexity index is 341. The van der Waals surface area contributed by atoms with E-state index in [1.54, 1.807) is 4.98 Å². The first-order chi connectivity index (χ1) is 5.39. The molecule has 0 aromatic carbocycles. The molecule has 0 radical (unpaired) electrons. The highest BCUT2D eigenvalue weighted by Crippen LogP contribution is 2.24. The Labute approximate surface area is 65.3 Å². The van der Waals surface area contributed by atoms with Crippen LogP contribution in [0.3, 0.4) is 0 Å². The van der Waals surface area contributed by atoms with Gasteiger partial charge >= 0.3 is 6.18 Å². The predicted molar refractivity (Wildman–Crippen MR) is 34.6 cm³/mol. The standard InChI is InChI=1S/C6H5F3N2O/c1-3-2-4(12)11-5(10-3)6(7,8)9/h2H,1H3,(H,10,11,12). The molecule has 0 aliphatic heterocycles. The zero-order valence-corrected chi connectivity index (χ0v) is 6.07. The van der Waals surface area contributed by atoms with Crippen molar-refractivity contribution in [2.45, 2.75) is 13.1 Å². The summed E-state index contributed by atoms with van der Waals surface area (Å²) in [5.74, 6) is -1.26. The normalized spacial score (nSPS) is 11.7. The maximum atomic E-state index is 11.9. The molecule has 66 valence electrons. The van der Waals surface area contributed by atoms with Gasteiger partial charge in [0, 0.05) is 11.8 Å². The average Bonchev–Trinajstić information content (AvgIpc) is 1.82. The van der Waals surface area contributed by atoms with Crippen LogP contribution in [0.5, 0.6) is 0 Å². The van der Waals surface area contributed by atoms with E-state index < -0.39 is 17.6 Å². The summed E-state index contributed by atoms with van der Waals surface area (Å²) < 4.78 is 35.7. The minimum absolute atomic E-state index is 0.0473. The zero-order chi connectivity index (χ0) is 9.35. The van der Waals surface area contributed by atoms with Crippen molar-refractivity contribution in [2.24, 2.45) is 0 Å². The third-order valence-electron chi connectivity index (χ3n) is 1.14. The molecule has 0 bridgehead atoms. The van der Waals surface area contributed by atoms with E-state index in [4.69, 9.17) is 0 Å². The number of halogens is 3. The van der Waals surface area contributed by atoms with Gasteiger partial charge in [0.15, 0.2) is 0 Å². The molecule has 0 spiro atoms. The number of rotatable bonds is 0. The van der Waals surface area contributed by atoms with Crippen LogP contribution in [0.4, 0.5) is 13.2 Å². The quantitative estimate of drug-likeness (QED) is 0.646. The SMILES string of the molecule is Cc1cc(=O)[nH]c(C(F)(F)F)n1. The van der Waals surface area contributed by atoms with E-state index in [2.05, 4.69) is 4.98 Å². The molecule has 0 unspecified atom stereocenters. The number of hydrogen-bond acceptors (Lipinski definition) is 2. The Morgan fingerprint density at radius 2 is 2.08 bits per heavy atom. The second kappa shape index (κ2) is 2.62. The summed E-state index contributed by atoms with van der Waals surface area (Å²) in [4.78, 5) is 15.3.